The Balaban J connectivity index is 2.16. The first kappa shape index (κ1) is 13.3. The number of nitrogen functional groups attached to an aromatic ring is 1. The van der Waals surface area contributed by atoms with Crippen LogP contribution in [-0.4, -0.2) is 9.97 Å². The van der Waals surface area contributed by atoms with E-state index in [0.29, 0.717) is 11.5 Å². The van der Waals surface area contributed by atoms with E-state index in [-0.39, 0.29) is 11.8 Å². The number of rotatable bonds is 3. The zero-order valence-electron chi connectivity index (χ0n) is 11.4. The molecule has 0 saturated carbocycles. The summed E-state index contributed by atoms with van der Waals surface area (Å²) in [4.78, 5) is 8.53. The van der Waals surface area contributed by atoms with Crippen LogP contribution in [-0.2, 0) is 0 Å². The van der Waals surface area contributed by atoms with Crippen molar-refractivity contribution in [2.24, 2.45) is 5.84 Å². The smallest absolute Gasteiger partial charge is 0.239 e. The summed E-state index contributed by atoms with van der Waals surface area (Å²) in [5.41, 5.74) is 4.32. The Morgan fingerprint density at radius 1 is 1.05 bits per heavy atom. The molecule has 0 bridgehead atoms. The lowest BCUT2D eigenvalue weighted by Crippen LogP contribution is -2.12. The van der Waals surface area contributed by atoms with Gasteiger partial charge in [-0.15, -0.1) is 0 Å². The topological polar surface area (TPSA) is 75.9 Å². The third-order valence-electron chi connectivity index (χ3n) is 3.20. The Morgan fingerprint density at radius 3 is 2.62 bits per heavy atom. The Labute approximate surface area is 121 Å². The second-order valence-electron chi connectivity index (χ2n) is 4.61. The van der Waals surface area contributed by atoms with E-state index in [1.165, 1.54) is 6.07 Å². The van der Waals surface area contributed by atoms with Crippen molar-refractivity contribution in [1.29, 1.82) is 0 Å². The van der Waals surface area contributed by atoms with Gasteiger partial charge in [-0.2, -0.15) is 4.98 Å². The summed E-state index contributed by atoms with van der Waals surface area (Å²) in [5, 5.41) is 3.83. The Morgan fingerprint density at radius 2 is 1.86 bits per heavy atom. The van der Waals surface area contributed by atoms with E-state index in [0.717, 1.165) is 16.5 Å². The second kappa shape index (κ2) is 5.34. The second-order valence-corrected chi connectivity index (χ2v) is 4.61. The maximum atomic E-state index is 14.0. The maximum Gasteiger partial charge on any atom is 0.239 e. The third-order valence-corrected chi connectivity index (χ3v) is 3.20. The SMILES string of the molecule is Cc1cccc(F)c1Nc1nc(NN)nc2ccccc12. The average Bonchev–Trinajstić information content (AvgIpc) is 2.50. The van der Waals surface area contributed by atoms with E-state index in [2.05, 4.69) is 20.7 Å². The van der Waals surface area contributed by atoms with Gasteiger partial charge in [-0.25, -0.2) is 15.2 Å². The molecule has 21 heavy (non-hydrogen) atoms. The molecule has 0 aliphatic rings. The van der Waals surface area contributed by atoms with Gasteiger partial charge in [-0.3, -0.25) is 5.43 Å². The van der Waals surface area contributed by atoms with Crippen LogP contribution in [0, 0.1) is 12.7 Å². The minimum atomic E-state index is -0.333. The average molecular weight is 283 g/mol. The fourth-order valence-electron chi connectivity index (χ4n) is 2.15. The molecule has 4 N–H and O–H groups in total. The van der Waals surface area contributed by atoms with Crippen molar-refractivity contribution in [3.05, 3.63) is 53.8 Å². The number of nitrogens with two attached hydrogens (primary N) is 1. The van der Waals surface area contributed by atoms with E-state index < -0.39 is 0 Å². The number of nitrogens with zero attached hydrogens (tertiary/aromatic N) is 2. The molecule has 5 nitrogen and oxygen atoms in total. The molecule has 2 aromatic carbocycles. The predicted molar refractivity (Wildman–Crippen MR) is 81.8 cm³/mol. The largest absolute Gasteiger partial charge is 0.337 e. The van der Waals surface area contributed by atoms with Crippen molar-refractivity contribution in [1.82, 2.24) is 9.97 Å². The molecule has 0 fully saturated rings. The van der Waals surface area contributed by atoms with Gasteiger partial charge in [0.15, 0.2) is 0 Å². The molecule has 0 aliphatic heterocycles. The van der Waals surface area contributed by atoms with Crippen LogP contribution in [0.1, 0.15) is 5.56 Å². The molecule has 0 saturated heterocycles. The van der Waals surface area contributed by atoms with Crippen LogP contribution in [0.4, 0.5) is 21.8 Å². The minimum Gasteiger partial charge on any atom is -0.337 e. The summed E-state index contributed by atoms with van der Waals surface area (Å²) in [6, 6.07) is 12.4. The predicted octanol–water partition coefficient (Wildman–Crippen LogP) is 3.11. The lowest BCUT2D eigenvalue weighted by Gasteiger charge is -2.13. The number of fused-ring (bicyclic) bond motifs is 1. The zero-order valence-corrected chi connectivity index (χ0v) is 11.4. The van der Waals surface area contributed by atoms with Crippen molar-refractivity contribution < 1.29 is 4.39 Å². The highest BCUT2D eigenvalue weighted by atomic mass is 19.1. The lowest BCUT2D eigenvalue weighted by atomic mass is 10.2. The Kier molecular flexibility index (Phi) is 3.37. The molecular weight excluding hydrogens is 269 g/mol. The van der Waals surface area contributed by atoms with Crippen LogP contribution in [0.3, 0.4) is 0 Å². The number of nitrogens with one attached hydrogen (secondary N) is 2. The van der Waals surface area contributed by atoms with Crippen LogP contribution in [0.5, 0.6) is 0 Å². The van der Waals surface area contributed by atoms with Gasteiger partial charge in [0.05, 0.1) is 11.2 Å². The fourth-order valence-corrected chi connectivity index (χ4v) is 2.15. The first-order valence-electron chi connectivity index (χ1n) is 6.44. The quantitative estimate of drug-likeness (QED) is 0.508. The van der Waals surface area contributed by atoms with Crippen LogP contribution in [0.2, 0.25) is 0 Å². The van der Waals surface area contributed by atoms with Crippen molar-refractivity contribution in [3.63, 3.8) is 0 Å². The van der Waals surface area contributed by atoms with E-state index in [4.69, 9.17) is 5.84 Å². The van der Waals surface area contributed by atoms with Gasteiger partial charge in [0.2, 0.25) is 5.95 Å². The van der Waals surface area contributed by atoms with E-state index in [9.17, 15) is 4.39 Å². The van der Waals surface area contributed by atoms with Crippen molar-refractivity contribution in [2.75, 3.05) is 10.7 Å². The molecule has 1 aromatic heterocycles. The summed E-state index contributed by atoms with van der Waals surface area (Å²) in [6.07, 6.45) is 0. The van der Waals surface area contributed by atoms with Crippen LogP contribution >= 0.6 is 0 Å². The number of aryl methyl sites for hydroxylation is 1. The van der Waals surface area contributed by atoms with Crippen LogP contribution < -0.4 is 16.6 Å². The van der Waals surface area contributed by atoms with Crippen molar-refractivity contribution >= 4 is 28.4 Å². The number of hydrogen-bond donors (Lipinski definition) is 3. The number of hydrazine groups is 1. The number of benzene rings is 2. The van der Waals surface area contributed by atoms with Gasteiger partial charge in [0.25, 0.3) is 0 Å². The van der Waals surface area contributed by atoms with E-state index in [1.54, 1.807) is 6.07 Å². The highest BCUT2D eigenvalue weighted by Crippen LogP contribution is 2.28. The molecule has 3 aromatic rings. The van der Waals surface area contributed by atoms with E-state index >= 15 is 0 Å². The Hall–Kier alpha value is -2.73. The molecule has 0 unspecified atom stereocenters. The number of aromatic nitrogens is 2. The molecule has 6 heteroatoms. The van der Waals surface area contributed by atoms with E-state index in [1.807, 2.05) is 37.3 Å². The molecular formula is C15H14FN5. The molecule has 1 heterocycles. The first-order chi connectivity index (χ1) is 10.2. The fraction of sp³-hybridized carbons (Fsp3) is 0.0667. The standard InChI is InChI=1S/C15H14FN5/c1-9-5-4-7-11(16)13(9)19-14-10-6-2-3-8-12(10)18-15(20-14)21-17/h2-8H,17H2,1H3,(H2,18,19,20,21). The Bertz CT molecular complexity index is 783. The lowest BCUT2D eigenvalue weighted by molar-refractivity contribution is 0.631. The number of anilines is 3. The number of halogens is 1. The first-order valence-corrected chi connectivity index (χ1v) is 6.44. The molecule has 3 rings (SSSR count). The number of hydrogen-bond acceptors (Lipinski definition) is 5. The molecule has 0 amide bonds. The van der Waals surface area contributed by atoms with Crippen molar-refractivity contribution in [3.8, 4) is 0 Å². The van der Waals surface area contributed by atoms with Gasteiger partial charge < -0.3 is 5.32 Å². The summed E-state index contributed by atoms with van der Waals surface area (Å²) in [6.45, 7) is 1.83. The van der Waals surface area contributed by atoms with Gasteiger partial charge in [-0.1, -0.05) is 24.3 Å². The summed E-state index contributed by atoms with van der Waals surface area (Å²) < 4.78 is 14.0. The monoisotopic (exact) mass is 283 g/mol. The molecule has 0 aliphatic carbocycles. The molecule has 0 radical (unpaired) electrons. The van der Waals surface area contributed by atoms with Crippen LogP contribution in [0.25, 0.3) is 10.9 Å². The van der Waals surface area contributed by atoms with Gasteiger partial charge in [-0.05, 0) is 30.7 Å². The molecule has 0 spiro atoms. The normalized spacial score (nSPS) is 10.6. The number of para-hydroxylation sites is 2. The van der Waals surface area contributed by atoms with Crippen LogP contribution in [0.15, 0.2) is 42.5 Å². The molecule has 106 valence electrons. The van der Waals surface area contributed by atoms with Gasteiger partial charge in [0.1, 0.15) is 11.6 Å². The highest BCUT2D eigenvalue weighted by Gasteiger charge is 2.11. The minimum absolute atomic E-state index is 0.269. The van der Waals surface area contributed by atoms with Gasteiger partial charge >= 0.3 is 0 Å². The van der Waals surface area contributed by atoms with Gasteiger partial charge in [0, 0.05) is 5.39 Å². The summed E-state index contributed by atoms with van der Waals surface area (Å²) >= 11 is 0. The summed E-state index contributed by atoms with van der Waals surface area (Å²) in [7, 11) is 0. The maximum absolute atomic E-state index is 14.0. The summed E-state index contributed by atoms with van der Waals surface area (Å²) in [5.74, 6) is 5.82. The van der Waals surface area contributed by atoms with Crippen molar-refractivity contribution in [2.45, 2.75) is 6.92 Å². The zero-order chi connectivity index (χ0) is 14.8. The third kappa shape index (κ3) is 2.48. The molecule has 0 atom stereocenters. The highest BCUT2D eigenvalue weighted by molar-refractivity contribution is 5.91.